The van der Waals surface area contributed by atoms with E-state index in [1.54, 1.807) is 37.4 Å². The number of nitrogens with one attached hydrogen (secondary N) is 1. The third kappa shape index (κ3) is 4.72. The zero-order valence-electron chi connectivity index (χ0n) is 15.0. The molecule has 4 nitrogen and oxygen atoms in total. The molecular formula is C20H24FNO3. The molecule has 1 N–H and O–H groups in total. The monoisotopic (exact) mass is 345 g/mol. The Morgan fingerprint density at radius 2 is 1.80 bits per heavy atom. The van der Waals surface area contributed by atoms with Crippen LogP contribution in [0, 0.1) is 11.7 Å². The average molecular weight is 345 g/mol. The number of methoxy groups -OCH3 is 1. The van der Waals surface area contributed by atoms with E-state index in [0.717, 1.165) is 5.56 Å². The zero-order valence-corrected chi connectivity index (χ0v) is 15.0. The molecule has 1 amide bonds. The summed E-state index contributed by atoms with van der Waals surface area (Å²) in [6, 6.07) is 11.0. The molecule has 0 aliphatic rings. The Balaban J connectivity index is 2.23. The minimum atomic E-state index is -0.297. The van der Waals surface area contributed by atoms with E-state index in [2.05, 4.69) is 5.32 Å². The van der Waals surface area contributed by atoms with Crippen LogP contribution in [0.4, 0.5) is 4.39 Å². The van der Waals surface area contributed by atoms with Gasteiger partial charge in [-0.2, -0.15) is 0 Å². The third-order valence-electron chi connectivity index (χ3n) is 3.91. The highest BCUT2D eigenvalue weighted by atomic mass is 19.1. The standard InChI is InChI=1S/C20H24FNO3/c1-5-25-18-12-15(8-11-17(18)24-4)20(23)22-19(13(2)3)14-6-9-16(21)10-7-14/h6-13,19H,5H2,1-4H3,(H,22,23). The first-order valence-electron chi connectivity index (χ1n) is 8.33. The van der Waals surface area contributed by atoms with Gasteiger partial charge in [0.15, 0.2) is 11.5 Å². The van der Waals surface area contributed by atoms with Crippen LogP contribution in [-0.2, 0) is 0 Å². The summed E-state index contributed by atoms with van der Waals surface area (Å²) >= 11 is 0. The van der Waals surface area contributed by atoms with Gasteiger partial charge in [-0.1, -0.05) is 26.0 Å². The van der Waals surface area contributed by atoms with Gasteiger partial charge in [0.05, 0.1) is 19.8 Å². The number of halogens is 1. The Hall–Kier alpha value is -2.56. The van der Waals surface area contributed by atoms with E-state index in [1.165, 1.54) is 12.1 Å². The Bertz CT molecular complexity index is 713. The van der Waals surface area contributed by atoms with Crippen LogP contribution >= 0.6 is 0 Å². The molecule has 0 heterocycles. The van der Waals surface area contributed by atoms with Crippen molar-refractivity contribution in [1.29, 1.82) is 0 Å². The number of hydrogen-bond donors (Lipinski definition) is 1. The van der Waals surface area contributed by atoms with Crippen molar-refractivity contribution in [3.63, 3.8) is 0 Å². The van der Waals surface area contributed by atoms with Crippen molar-refractivity contribution in [2.45, 2.75) is 26.8 Å². The molecule has 25 heavy (non-hydrogen) atoms. The number of carbonyl (C=O) groups excluding carboxylic acids is 1. The second kappa shape index (κ2) is 8.51. The van der Waals surface area contributed by atoms with Gasteiger partial charge in [0.2, 0.25) is 0 Å². The predicted molar refractivity (Wildman–Crippen MR) is 95.6 cm³/mol. The second-order valence-electron chi connectivity index (χ2n) is 6.05. The molecule has 0 aliphatic carbocycles. The van der Waals surface area contributed by atoms with Crippen molar-refractivity contribution in [3.05, 3.63) is 59.4 Å². The molecule has 0 saturated heterocycles. The van der Waals surface area contributed by atoms with Crippen LogP contribution in [0.1, 0.15) is 42.7 Å². The summed E-state index contributed by atoms with van der Waals surface area (Å²) in [7, 11) is 1.56. The van der Waals surface area contributed by atoms with Crippen molar-refractivity contribution >= 4 is 5.91 Å². The van der Waals surface area contributed by atoms with Gasteiger partial charge in [0.25, 0.3) is 5.91 Å². The molecule has 2 aromatic rings. The van der Waals surface area contributed by atoms with Gasteiger partial charge in [-0.3, -0.25) is 4.79 Å². The Morgan fingerprint density at radius 1 is 1.12 bits per heavy atom. The number of rotatable bonds is 7. The van der Waals surface area contributed by atoms with Crippen LogP contribution in [0.2, 0.25) is 0 Å². The summed E-state index contributed by atoms with van der Waals surface area (Å²) in [5.41, 5.74) is 1.35. The lowest BCUT2D eigenvalue weighted by Gasteiger charge is -2.23. The highest BCUT2D eigenvalue weighted by Crippen LogP contribution is 2.29. The lowest BCUT2D eigenvalue weighted by atomic mass is 9.95. The molecule has 2 aromatic carbocycles. The van der Waals surface area contributed by atoms with Gasteiger partial charge in [-0.15, -0.1) is 0 Å². The van der Waals surface area contributed by atoms with Crippen LogP contribution in [0.25, 0.3) is 0 Å². The predicted octanol–water partition coefficient (Wildman–Crippen LogP) is 4.36. The highest BCUT2D eigenvalue weighted by Gasteiger charge is 2.20. The Labute approximate surface area is 148 Å². The molecule has 134 valence electrons. The first kappa shape index (κ1) is 18.8. The molecule has 0 saturated carbocycles. The fourth-order valence-electron chi connectivity index (χ4n) is 2.62. The third-order valence-corrected chi connectivity index (χ3v) is 3.91. The summed E-state index contributed by atoms with van der Waals surface area (Å²) in [5.74, 6) is 0.748. The van der Waals surface area contributed by atoms with E-state index in [0.29, 0.717) is 23.7 Å². The molecule has 0 aromatic heterocycles. The van der Waals surface area contributed by atoms with Gasteiger partial charge in [0, 0.05) is 5.56 Å². The van der Waals surface area contributed by atoms with Crippen LogP contribution in [0.15, 0.2) is 42.5 Å². The summed E-state index contributed by atoms with van der Waals surface area (Å²) in [6.07, 6.45) is 0. The molecule has 0 bridgehead atoms. The maximum atomic E-state index is 13.2. The lowest BCUT2D eigenvalue weighted by molar-refractivity contribution is 0.0925. The smallest absolute Gasteiger partial charge is 0.251 e. The number of hydrogen-bond acceptors (Lipinski definition) is 3. The highest BCUT2D eigenvalue weighted by molar-refractivity contribution is 5.95. The fraction of sp³-hybridized carbons (Fsp3) is 0.350. The van der Waals surface area contributed by atoms with Gasteiger partial charge in [-0.25, -0.2) is 4.39 Å². The van der Waals surface area contributed by atoms with Crippen LogP contribution in [0.5, 0.6) is 11.5 Å². The molecule has 0 fully saturated rings. The van der Waals surface area contributed by atoms with E-state index in [1.807, 2.05) is 20.8 Å². The molecule has 0 spiro atoms. The van der Waals surface area contributed by atoms with E-state index in [4.69, 9.17) is 9.47 Å². The minimum Gasteiger partial charge on any atom is -0.493 e. The molecule has 2 rings (SSSR count). The maximum absolute atomic E-state index is 13.2. The average Bonchev–Trinajstić information content (AvgIpc) is 2.60. The molecule has 5 heteroatoms. The molecule has 1 unspecified atom stereocenters. The van der Waals surface area contributed by atoms with Crippen molar-refractivity contribution in [1.82, 2.24) is 5.32 Å². The Morgan fingerprint density at radius 3 is 2.36 bits per heavy atom. The van der Waals surface area contributed by atoms with Gasteiger partial charge >= 0.3 is 0 Å². The van der Waals surface area contributed by atoms with E-state index < -0.39 is 0 Å². The van der Waals surface area contributed by atoms with Crippen molar-refractivity contribution in [2.75, 3.05) is 13.7 Å². The molecule has 1 atom stereocenters. The van der Waals surface area contributed by atoms with Crippen molar-refractivity contribution in [3.8, 4) is 11.5 Å². The molecular weight excluding hydrogens is 321 g/mol. The number of benzene rings is 2. The number of ether oxygens (including phenoxy) is 2. The lowest BCUT2D eigenvalue weighted by Crippen LogP contribution is -2.31. The normalized spacial score (nSPS) is 11.9. The van der Waals surface area contributed by atoms with Crippen molar-refractivity contribution < 1.29 is 18.7 Å². The minimum absolute atomic E-state index is 0.152. The summed E-state index contributed by atoms with van der Waals surface area (Å²) in [6.45, 7) is 6.36. The van der Waals surface area contributed by atoms with Crippen LogP contribution < -0.4 is 14.8 Å². The first-order valence-corrected chi connectivity index (χ1v) is 8.33. The molecule has 0 radical (unpaired) electrons. The van der Waals surface area contributed by atoms with Crippen LogP contribution in [0.3, 0.4) is 0 Å². The Kier molecular flexibility index (Phi) is 6.39. The van der Waals surface area contributed by atoms with E-state index >= 15 is 0 Å². The second-order valence-corrected chi connectivity index (χ2v) is 6.05. The number of carbonyl (C=O) groups is 1. The number of amides is 1. The van der Waals surface area contributed by atoms with Gasteiger partial charge in [-0.05, 0) is 48.7 Å². The largest absolute Gasteiger partial charge is 0.493 e. The summed E-state index contributed by atoms with van der Waals surface area (Å²) < 4.78 is 23.9. The summed E-state index contributed by atoms with van der Waals surface area (Å²) in [4.78, 5) is 12.7. The topological polar surface area (TPSA) is 47.6 Å². The maximum Gasteiger partial charge on any atom is 0.251 e. The first-order chi connectivity index (χ1) is 12.0. The van der Waals surface area contributed by atoms with Crippen LogP contribution in [-0.4, -0.2) is 19.6 Å². The van der Waals surface area contributed by atoms with Crippen molar-refractivity contribution in [2.24, 2.45) is 5.92 Å². The zero-order chi connectivity index (χ0) is 18.4. The fourth-order valence-corrected chi connectivity index (χ4v) is 2.62. The SMILES string of the molecule is CCOc1cc(C(=O)NC(c2ccc(F)cc2)C(C)C)ccc1OC. The quantitative estimate of drug-likeness (QED) is 0.811. The van der Waals surface area contributed by atoms with E-state index in [-0.39, 0.29) is 23.7 Å². The van der Waals surface area contributed by atoms with Gasteiger partial charge in [0.1, 0.15) is 5.82 Å². The molecule has 0 aliphatic heterocycles. The summed E-state index contributed by atoms with van der Waals surface area (Å²) in [5, 5.41) is 3.02. The van der Waals surface area contributed by atoms with E-state index in [9.17, 15) is 9.18 Å². The van der Waals surface area contributed by atoms with Gasteiger partial charge < -0.3 is 14.8 Å².